The Morgan fingerprint density at radius 2 is 1.88 bits per heavy atom. The van der Waals surface area contributed by atoms with Crippen molar-refractivity contribution in [2.75, 3.05) is 5.32 Å². The Morgan fingerprint density at radius 1 is 1.16 bits per heavy atom. The van der Waals surface area contributed by atoms with E-state index in [1.165, 1.54) is 19.1 Å². The van der Waals surface area contributed by atoms with Gasteiger partial charge < -0.3 is 10.1 Å². The number of anilines is 1. The van der Waals surface area contributed by atoms with Gasteiger partial charge in [0.15, 0.2) is 6.10 Å². The van der Waals surface area contributed by atoms with Crippen molar-refractivity contribution in [3.63, 3.8) is 0 Å². The minimum atomic E-state index is -1.05. The maximum Gasteiger partial charge on any atom is 0.339 e. The number of rotatable bonds is 5. The fraction of sp³-hybridized carbons (Fsp3) is 0.222. The molecule has 1 N–H and O–H groups in total. The van der Waals surface area contributed by atoms with Crippen LogP contribution in [-0.2, 0) is 9.53 Å². The van der Waals surface area contributed by atoms with Crippen molar-refractivity contribution in [3.05, 3.63) is 69.3 Å². The summed E-state index contributed by atoms with van der Waals surface area (Å²) in [5, 5.41) is 13.6. The first kappa shape index (κ1) is 18.1. The van der Waals surface area contributed by atoms with Gasteiger partial charge in [0.1, 0.15) is 0 Å². The van der Waals surface area contributed by atoms with E-state index in [1.807, 2.05) is 13.0 Å². The minimum absolute atomic E-state index is 0.0208. The molecular weight excluding hydrogens is 324 g/mol. The van der Waals surface area contributed by atoms with Crippen LogP contribution < -0.4 is 5.32 Å². The van der Waals surface area contributed by atoms with Crippen LogP contribution in [0.15, 0.2) is 42.5 Å². The first-order chi connectivity index (χ1) is 11.8. The summed E-state index contributed by atoms with van der Waals surface area (Å²) in [7, 11) is 0. The lowest BCUT2D eigenvalue weighted by molar-refractivity contribution is -0.385. The van der Waals surface area contributed by atoms with E-state index in [2.05, 4.69) is 5.32 Å². The molecule has 2 aromatic rings. The van der Waals surface area contributed by atoms with Gasteiger partial charge in [-0.3, -0.25) is 14.9 Å². The molecule has 0 aliphatic rings. The van der Waals surface area contributed by atoms with Crippen LogP contribution in [0, 0.1) is 24.0 Å². The lowest BCUT2D eigenvalue weighted by atomic mass is 10.1. The van der Waals surface area contributed by atoms with Crippen LogP contribution in [0.2, 0.25) is 0 Å². The van der Waals surface area contributed by atoms with Crippen molar-refractivity contribution in [1.29, 1.82) is 0 Å². The van der Waals surface area contributed by atoms with E-state index >= 15 is 0 Å². The van der Waals surface area contributed by atoms with Gasteiger partial charge in [-0.25, -0.2) is 4.79 Å². The Kier molecular flexibility index (Phi) is 5.49. The van der Waals surface area contributed by atoms with Gasteiger partial charge in [0.25, 0.3) is 11.6 Å². The van der Waals surface area contributed by atoms with E-state index in [0.717, 1.165) is 11.6 Å². The highest BCUT2D eigenvalue weighted by atomic mass is 16.6. The van der Waals surface area contributed by atoms with Crippen molar-refractivity contribution in [2.24, 2.45) is 0 Å². The lowest BCUT2D eigenvalue weighted by Gasteiger charge is -2.14. The Morgan fingerprint density at radius 3 is 2.52 bits per heavy atom. The molecule has 0 saturated carbocycles. The molecule has 0 fully saturated rings. The summed E-state index contributed by atoms with van der Waals surface area (Å²) in [6, 6.07) is 11.2. The van der Waals surface area contributed by atoms with E-state index in [0.29, 0.717) is 11.3 Å². The molecule has 0 aromatic heterocycles. The maximum absolute atomic E-state index is 12.1. The number of nitrogens with one attached hydrogen (secondary N) is 1. The monoisotopic (exact) mass is 342 g/mol. The highest BCUT2D eigenvalue weighted by molar-refractivity contribution is 5.97. The quantitative estimate of drug-likeness (QED) is 0.510. The van der Waals surface area contributed by atoms with Crippen LogP contribution in [0.3, 0.4) is 0 Å². The van der Waals surface area contributed by atoms with Gasteiger partial charge >= 0.3 is 5.97 Å². The summed E-state index contributed by atoms with van der Waals surface area (Å²) in [4.78, 5) is 34.6. The normalized spacial score (nSPS) is 11.5. The molecule has 0 unspecified atom stereocenters. The van der Waals surface area contributed by atoms with Gasteiger partial charge in [-0.1, -0.05) is 18.2 Å². The number of nitro benzene ring substituents is 1. The molecule has 7 heteroatoms. The zero-order valence-electron chi connectivity index (χ0n) is 14.1. The number of aryl methyl sites for hydroxylation is 2. The molecule has 2 aromatic carbocycles. The molecule has 130 valence electrons. The molecule has 1 atom stereocenters. The second-order valence-corrected chi connectivity index (χ2v) is 5.66. The third-order valence-corrected chi connectivity index (χ3v) is 3.58. The Hall–Kier alpha value is -3.22. The summed E-state index contributed by atoms with van der Waals surface area (Å²) in [6.07, 6.45) is -1.05. The first-order valence-corrected chi connectivity index (χ1v) is 7.61. The number of benzene rings is 2. The van der Waals surface area contributed by atoms with E-state index in [9.17, 15) is 19.7 Å². The fourth-order valence-corrected chi connectivity index (χ4v) is 2.18. The third-order valence-electron chi connectivity index (χ3n) is 3.58. The molecule has 2 rings (SSSR count). The summed E-state index contributed by atoms with van der Waals surface area (Å²) in [6.45, 7) is 4.90. The molecule has 0 spiro atoms. The zero-order valence-corrected chi connectivity index (χ0v) is 14.1. The Bertz CT molecular complexity index is 832. The second-order valence-electron chi connectivity index (χ2n) is 5.66. The fourth-order valence-electron chi connectivity index (χ4n) is 2.18. The average Bonchev–Trinajstić information content (AvgIpc) is 2.54. The van der Waals surface area contributed by atoms with Gasteiger partial charge in [-0.05, 0) is 44.5 Å². The summed E-state index contributed by atoms with van der Waals surface area (Å²) in [5.74, 6) is -1.28. The molecule has 0 radical (unpaired) electrons. The standard InChI is InChI=1S/C18H18N2O5/c1-11-5-4-6-15(9-11)19-17(21)13(3)25-18(22)14-8-7-12(2)16(10-14)20(23)24/h4-10,13H,1-3H3,(H,19,21)/t13-/m1/s1. The molecular formula is C18H18N2O5. The summed E-state index contributed by atoms with van der Waals surface area (Å²) in [5.41, 5.74) is 1.86. The van der Waals surface area contributed by atoms with E-state index < -0.39 is 22.9 Å². The molecule has 0 aliphatic heterocycles. The Balaban J connectivity index is 2.05. The highest BCUT2D eigenvalue weighted by Crippen LogP contribution is 2.20. The van der Waals surface area contributed by atoms with Crippen LogP contribution in [-0.4, -0.2) is 22.9 Å². The number of hydrogen-bond acceptors (Lipinski definition) is 5. The van der Waals surface area contributed by atoms with Gasteiger partial charge in [0, 0.05) is 17.3 Å². The van der Waals surface area contributed by atoms with Gasteiger partial charge in [0.05, 0.1) is 10.5 Å². The van der Waals surface area contributed by atoms with Gasteiger partial charge in [0.2, 0.25) is 0 Å². The number of carbonyl (C=O) groups excluding carboxylic acids is 2. The number of esters is 1. The summed E-state index contributed by atoms with van der Waals surface area (Å²) < 4.78 is 5.10. The van der Waals surface area contributed by atoms with Crippen molar-refractivity contribution in [3.8, 4) is 0 Å². The molecule has 0 heterocycles. The first-order valence-electron chi connectivity index (χ1n) is 7.61. The predicted molar refractivity (Wildman–Crippen MR) is 92.5 cm³/mol. The lowest BCUT2D eigenvalue weighted by Crippen LogP contribution is -2.30. The highest BCUT2D eigenvalue weighted by Gasteiger charge is 2.21. The van der Waals surface area contributed by atoms with Crippen molar-refractivity contribution in [2.45, 2.75) is 26.9 Å². The van der Waals surface area contributed by atoms with E-state index in [4.69, 9.17) is 4.74 Å². The molecule has 0 bridgehead atoms. The van der Waals surface area contributed by atoms with Crippen LogP contribution in [0.5, 0.6) is 0 Å². The summed E-state index contributed by atoms with van der Waals surface area (Å²) >= 11 is 0. The van der Waals surface area contributed by atoms with Crippen LogP contribution >= 0.6 is 0 Å². The number of hydrogen-bond donors (Lipinski definition) is 1. The third kappa shape index (κ3) is 4.63. The van der Waals surface area contributed by atoms with Gasteiger partial charge in [-0.15, -0.1) is 0 Å². The van der Waals surface area contributed by atoms with Crippen LogP contribution in [0.25, 0.3) is 0 Å². The molecule has 0 aliphatic carbocycles. The molecule has 7 nitrogen and oxygen atoms in total. The average molecular weight is 342 g/mol. The van der Waals surface area contributed by atoms with Crippen molar-refractivity contribution >= 4 is 23.3 Å². The SMILES string of the molecule is Cc1cccc(NC(=O)[C@@H](C)OC(=O)c2ccc(C)c([N+](=O)[O-])c2)c1. The van der Waals surface area contributed by atoms with Crippen LogP contribution in [0.1, 0.15) is 28.4 Å². The van der Waals surface area contributed by atoms with Crippen molar-refractivity contribution in [1.82, 2.24) is 0 Å². The van der Waals surface area contributed by atoms with Crippen molar-refractivity contribution < 1.29 is 19.2 Å². The zero-order chi connectivity index (χ0) is 18.6. The van der Waals surface area contributed by atoms with E-state index in [-0.39, 0.29) is 11.3 Å². The molecule has 1 amide bonds. The topological polar surface area (TPSA) is 98.5 Å². The largest absolute Gasteiger partial charge is 0.449 e. The number of amides is 1. The number of nitro groups is 1. The minimum Gasteiger partial charge on any atom is -0.449 e. The number of nitrogens with zero attached hydrogens (tertiary/aromatic N) is 1. The van der Waals surface area contributed by atoms with E-state index in [1.54, 1.807) is 25.1 Å². The smallest absolute Gasteiger partial charge is 0.339 e. The molecule has 25 heavy (non-hydrogen) atoms. The molecule has 0 saturated heterocycles. The maximum atomic E-state index is 12.1. The predicted octanol–water partition coefficient (Wildman–Crippen LogP) is 3.40. The van der Waals surface area contributed by atoms with Gasteiger partial charge in [-0.2, -0.15) is 0 Å². The number of ether oxygens (including phenoxy) is 1. The van der Waals surface area contributed by atoms with Crippen LogP contribution in [0.4, 0.5) is 11.4 Å². The number of carbonyl (C=O) groups is 2. The Labute approximate surface area is 144 Å². The second kappa shape index (κ2) is 7.57.